The van der Waals surface area contributed by atoms with Crippen molar-refractivity contribution in [3.8, 4) is 6.07 Å². The number of aryl methyl sites for hydroxylation is 1. The topological polar surface area (TPSA) is 48.7 Å². The number of hydrogen-bond acceptors (Lipinski definition) is 4. The lowest BCUT2D eigenvalue weighted by Gasteiger charge is -2.20. The van der Waals surface area contributed by atoms with Gasteiger partial charge in [0.25, 0.3) is 0 Å². The molecule has 16 heavy (non-hydrogen) atoms. The SMILES string of the molecule is Cc1nc(C(C)NC2CCCC2C#N)cs1. The van der Waals surface area contributed by atoms with Crippen molar-refractivity contribution in [3.63, 3.8) is 0 Å². The molecular formula is C12H17N3S. The number of hydrogen-bond donors (Lipinski definition) is 1. The van der Waals surface area contributed by atoms with E-state index in [0.29, 0.717) is 6.04 Å². The molecule has 1 aliphatic carbocycles. The number of nitrogens with one attached hydrogen (secondary N) is 1. The largest absolute Gasteiger partial charge is 0.305 e. The molecule has 3 unspecified atom stereocenters. The third-order valence-electron chi connectivity index (χ3n) is 3.23. The van der Waals surface area contributed by atoms with Crippen LogP contribution in [0, 0.1) is 24.2 Å². The van der Waals surface area contributed by atoms with Crippen molar-refractivity contribution >= 4 is 11.3 Å². The van der Waals surface area contributed by atoms with Gasteiger partial charge < -0.3 is 5.32 Å². The van der Waals surface area contributed by atoms with E-state index >= 15 is 0 Å². The zero-order chi connectivity index (χ0) is 11.5. The molecule has 0 aliphatic heterocycles. The maximum atomic E-state index is 9.02. The van der Waals surface area contributed by atoms with Crippen molar-refractivity contribution < 1.29 is 0 Å². The van der Waals surface area contributed by atoms with Gasteiger partial charge in [0.15, 0.2) is 0 Å². The zero-order valence-corrected chi connectivity index (χ0v) is 10.5. The average Bonchev–Trinajstić information content (AvgIpc) is 2.86. The molecule has 0 amide bonds. The smallest absolute Gasteiger partial charge is 0.0898 e. The van der Waals surface area contributed by atoms with Crippen LogP contribution in [0.4, 0.5) is 0 Å². The van der Waals surface area contributed by atoms with Gasteiger partial charge in [-0.15, -0.1) is 11.3 Å². The summed E-state index contributed by atoms with van der Waals surface area (Å²) in [6, 6.07) is 3.00. The van der Waals surface area contributed by atoms with Crippen LogP contribution in [0.15, 0.2) is 5.38 Å². The Bertz CT molecular complexity index is 393. The summed E-state index contributed by atoms with van der Waals surface area (Å²) in [4.78, 5) is 4.48. The number of nitriles is 1. The van der Waals surface area contributed by atoms with Crippen LogP contribution >= 0.6 is 11.3 Å². The summed E-state index contributed by atoms with van der Waals surface area (Å²) in [5.74, 6) is 0.183. The second kappa shape index (κ2) is 4.94. The van der Waals surface area contributed by atoms with Crippen LogP contribution < -0.4 is 5.32 Å². The molecule has 0 radical (unpaired) electrons. The highest BCUT2D eigenvalue weighted by Crippen LogP contribution is 2.27. The van der Waals surface area contributed by atoms with E-state index in [2.05, 4.69) is 28.7 Å². The van der Waals surface area contributed by atoms with Crippen LogP contribution in [-0.2, 0) is 0 Å². The minimum absolute atomic E-state index is 0.183. The van der Waals surface area contributed by atoms with Gasteiger partial charge in [-0.25, -0.2) is 4.98 Å². The molecule has 1 fully saturated rings. The molecule has 3 nitrogen and oxygen atoms in total. The summed E-state index contributed by atoms with van der Waals surface area (Å²) in [6.45, 7) is 4.15. The number of thiazole rings is 1. The third-order valence-corrected chi connectivity index (χ3v) is 4.02. The number of rotatable bonds is 3. The van der Waals surface area contributed by atoms with E-state index in [1.165, 1.54) is 6.42 Å². The van der Waals surface area contributed by atoms with Crippen LogP contribution in [-0.4, -0.2) is 11.0 Å². The van der Waals surface area contributed by atoms with Crippen LogP contribution in [0.25, 0.3) is 0 Å². The van der Waals surface area contributed by atoms with Crippen molar-refractivity contribution in [2.45, 2.75) is 45.2 Å². The van der Waals surface area contributed by atoms with E-state index in [-0.39, 0.29) is 12.0 Å². The summed E-state index contributed by atoms with van der Waals surface area (Å²) in [6.07, 6.45) is 3.32. The second-order valence-electron chi connectivity index (χ2n) is 4.45. The summed E-state index contributed by atoms with van der Waals surface area (Å²) < 4.78 is 0. The first kappa shape index (κ1) is 11.6. The molecule has 4 heteroatoms. The highest BCUT2D eigenvalue weighted by Gasteiger charge is 2.28. The first-order valence-corrected chi connectivity index (χ1v) is 6.66. The Kier molecular flexibility index (Phi) is 3.57. The van der Waals surface area contributed by atoms with E-state index in [9.17, 15) is 0 Å². The molecule has 0 aromatic carbocycles. The second-order valence-corrected chi connectivity index (χ2v) is 5.51. The van der Waals surface area contributed by atoms with Gasteiger partial charge in [-0.1, -0.05) is 6.42 Å². The van der Waals surface area contributed by atoms with Gasteiger partial charge in [-0.05, 0) is 26.7 Å². The predicted octanol–water partition coefficient (Wildman–Crippen LogP) is 2.79. The predicted molar refractivity (Wildman–Crippen MR) is 65.1 cm³/mol. The zero-order valence-electron chi connectivity index (χ0n) is 9.73. The third kappa shape index (κ3) is 2.42. The molecule has 1 aromatic rings. The lowest BCUT2D eigenvalue weighted by Crippen LogP contribution is -2.34. The fourth-order valence-corrected chi connectivity index (χ4v) is 3.01. The molecular weight excluding hydrogens is 218 g/mol. The fourth-order valence-electron chi connectivity index (χ4n) is 2.30. The van der Waals surface area contributed by atoms with Gasteiger partial charge in [0.1, 0.15) is 0 Å². The van der Waals surface area contributed by atoms with Crippen LogP contribution in [0.3, 0.4) is 0 Å². The van der Waals surface area contributed by atoms with Crippen molar-refractivity contribution in [1.29, 1.82) is 5.26 Å². The number of nitrogens with zero attached hydrogens (tertiary/aromatic N) is 2. The van der Waals surface area contributed by atoms with Crippen LogP contribution in [0.5, 0.6) is 0 Å². The lowest BCUT2D eigenvalue weighted by molar-refractivity contribution is 0.413. The fraction of sp³-hybridized carbons (Fsp3) is 0.667. The Morgan fingerprint density at radius 3 is 3.06 bits per heavy atom. The van der Waals surface area contributed by atoms with Crippen molar-refractivity contribution in [2.24, 2.45) is 5.92 Å². The van der Waals surface area contributed by atoms with Crippen molar-refractivity contribution in [3.05, 3.63) is 16.1 Å². The average molecular weight is 235 g/mol. The summed E-state index contributed by atoms with van der Waals surface area (Å²) in [5, 5.41) is 15.8. The molecule has 1 N–H and O–H groups in total. The van der Waals surface area contributed by atoms with Gasteiger partial charge in [0, 0.05) is 17.5 Å². The van der Waals surface area contributed by atoms with E-state index < -0.39 is 0 Å². The molecule has 0 bridgehead atoms. The van der Waals surface area contributed by atoms with Gasteiger partial charge in [-0.2, -0.15) is 5.26 Å². The quantitative estimate of drug-likeness (QED) is 0.876. The molecule has 0 spiro atoms. The molecule has 1 saturated carbocycles. The number of aromatic nitrogens is 1. The lowest BCUT2D eigenvalue weighted by atomic mass is 10.0. The standard InChI is InChI=1S/C12H17N3S/c1-8(12-7-16-9(2)15-12)14-11-5-3-4-10(11)6-13/h7-8,10-11,14H,3-5H2,1-2H3. The minimum Gasteiger partial charge on any atom is -0.305 e. The molecule has 86 valence electrons. The van der Waals surface area contributed by atoms with E-state index in [1.807, 2.05) is 6.92 Å². The van der Waals surface area contributed by atoms with Crippen LogP contribution in [0.1, 0.15) is 42.9 Å². The molecule has 1 aliphatic rings. The Labute approximate surface area is 101 Å². The molecule has 1 aromatic heterocycles. The maximum Gasteiger partial charge on any atom is 0.0898 e. The summed E-state index contributed by atoms with van der Waals surface area (Å²) >= 11 is 1.68. The Morgan fingerprint density at radius 2 is 2.44 bits per heavy atom. The van der Waals surface area contributed by atoms with Crippen molar-refractivity contribution in [2.75, 3.05) is 0 Å². The van der Waals surface area contributed by atoms with Crippen molar-refractivity contribution in [1.82, 2.24) is 10.3 Å². The van der Waals surface area contributed by atoms with E-state index in [0.717, 1.165) is 23.5 Å². The molecule has 0 saturated heterocycles. The minimum atomic E-state index is 0.183. The Morgan fingerprint density at radius 1 is 1.62 bits per heavy atom. The van der Waals surface area contributed by atoms with E-state index in [4.69, 9.17) is 5.26 Å². The van der Waals surface area contributed by atoms with Crippen LogP contribution in [0.2, 0.25) is 0 Å². The Hall–Kier alpha value is -0.920. The van der Waals surface area contributed by atoms with Gasteiger partial charge in [0.2, 0.25) is 0 Å². The normalized spacial score (nSPS) is 26.6. The highest BCUT2D eigenvalue weighted by molar-refractivity contribution is 7.09. The van der Waals surface area contributed by atoms with Gasteiger partial charge in [-0.3, -0.25) is 0 Å². The maximum absolute atomic E-state index is 9.02. The van der Waals surface area contributed by atoms with E-state index in [1.54, 1.807) is 11.3 Å². The van der Waals surface area contributed by atoms with Gasteiger partial charge >= 0.3 is 0 Å². The highest BCUT2D eigenvalue weighted by atomic mass is 32.1. The summed E-state index contributed by atoms with van der Waals surface area (Å²) in [7, 11) is 0. The molecule has 1 heterocycles. The van der Waals surface area contributed by atoms with Gasteiger partial charge in [0.05, 0.1) is 22.7 Å². The molecule has 3 atom stereocenters. The first-order valence-electron chi connectivity index (χ1n) is 5.78. The molecule has 2 rings (SSSR count). The Balaban J connectivity index is 1.97. The summed E-state index contributed by atoms with van der Waals surface area (Å²) in [5.41, 5.74) is 1.10. The monoisotopic (exact) mass is 235 g/mol. The first-order chi connectivity index (χ1) is 7.70.